The number of aromatic nitrogens is 1. The number of nitrogens with one attached hydrogen (secondary N) is 2. The second-order valence-electron chi connectivity index (χ2n) is 8.76. The van der Waals surface area contributed by atoms with Crippen molar-refractivity contribution in [3.8, 4) is 0 Å². The smallest absolute Gasteiger partial charge is 0.317 e. The van der Waals surface area contributed by atoms with E-state index in [2.05, 4.69) is 27.4 Å². The number of anilines is 1. The van der Waals surface area contributed by atoms with Gasteiger partial charge in [0.05, 0.1) is 5.56 Å². The zero-order chi connectivity index (χ0) is 23.4. The Labute approximate surface area is 195 Å². The second kappa shape index (κ2) is 10.3. The molecule has 1 aliphatic rings. The molecular weight excluding hydrogens is 426 g/mol. The van der Waals surface area contributed by atoms with Crippen LogP contribution >= 0.6 is 11.6 Å². The van der Waals surface area contributed by atoms with E-state index in [1.165, 1.54) is 0 Å². The van der Waals surface area contributed by atoms with Crippen molar-refractivity contribution in [1.29, 1.82) is 0 Å². The largest absolute Gasteiger partial charge is 0.336 e. The number of nitrogens with zero attached hydrogens (tertiary/aromatic N) is 3. The third-order valence-corrected chi connectivity index (χ3v) is 5.90. The lowest BCUT2D eigenvalue weighted by Crippen LogP contribution is -2.57. The van der Waals surface area contributed by atoms with Crippen molar-refractivity contribution in [3.63, 3.8) is 0 Å². The Morgan fingerprint density at radius 1 is 1.22 bits per heavy atom. The highest BCUT2D eigenvalue weighted by atomic mass is 35.5. The maximum atomic E-state index is 12.7. The van der Waals surface area contributed by atoms with Crippen molar-refractivity contribution in [2.75, 3.05) is 25.0 Å². The number of carbonyl (C=O) groups is 2. The van der Waals surface area contributed by atoms with Crippen LogP contribution in [0.5, 0.6) is 0 Å². The van der Waals surface area contributed by atoms with Gasteiger partial charge < -0.3 is 15.5 Å². The van der Waals surface area contributed by atoms with E-state index in [0.717, 1.165) is 29.9 Å². The monoisotopic (exact) mass is 457 g/mol. The molecule has 0 aliphatic carbocycles. The number of piperazine rings is 1. The Balaban J connectivity index is 1.69. The van der Waals surface area contributed by atoms with E-state index in [0.29, 0.717) is 29.4 Å². The van der Waals surface area contributed by atoms with Crippen LogP contribution in [0.3, 0.4) is 0 Å². The third-order valence-electron chi connectivity index (χ3n) is 5.68. The summed E-state index contributed by atoms with van der Waals surface area (Å²) in [6, 6.07) is 7.50. The number of pyridine rings is 1. The van der Waals surface area contributed by atoms with Gasteiger partial charge in [0, 0.05) is 60.9 Å². The van der Waals surface area contributed by atoms with Gasteiger partial charge >= 0.3 is 6.03 Å². The molecule has 2 heterocycles. The van der Waals surface area contributed by atoms with Crippen LogP contribution in [0.4, 0.5) is 10.5 Å². The molecule has 1 aromatic heterocycles. The summed E-state index contributed by atoms with van der Waals surface area (Å²) in [5, 5.41) is 6.52. The van der Waals surface area contributed by atoms with Crippen molar-refractivity contribution in [1.82, 2.24) is 20.1 Å². The minimum atomic E-state index is -0.216. The summed E-state index contributed by atoms with van der Waals surface area (Å²) in [4.78, 5) is 33.5. The topological polar surface area (TPSA) is 77.6 Å². The van der Waals surface area contributed by atoms with E-state index in [4.69, 9.17) is 11.6 Å². The molecule has 32 heavy (non-hydrogen) atoms. The SMILES string of the molecule is Cc1ccc(C(=O)Nc2cc(Cl)cc(CN3CCN(C(=O)NC(C)C)C(C)C3)c2C)cn1. The summed E-state index contributed by atoms with van der Waals surface area (Å²) in [5.41, 5.74) is 4.10. The molecule has 7 nitrogen and oxygen atoms in total. The number of halogens is 1. The van der Waals surface area contributed by atoms with Gasteiger partial charge in [0.15, 0.2) is 0 Å². The summed E-state index contributed by atoms with van der Waals surface area (Å²) >= 11 is 6.39. The molecule has 1 fully saturated rings. The highest BCUT2D eigenvalue weighted by Gasteiger charge is 2.28. The number of aryl methyl sites for hydroxylation is 1. The predicted molar refractivity (Wildman–Crippen MR) is 128 cm³/mol. The molecule has 1 atom stereocenters. The van der Waals surface area contributed by atoms with Crippen LogP contribution < -0.4 is 10.6 Å². The quantitative estimate of drug-likeness (QED) is 0.704. The van der Waals surface area contributed by atoms with Crippen LogP contribution in [0.1, 0.15) is 48.0 Å². The van der Waals surface area contributed by atoms with Crippen LogP contribution in [0.15, 0.2) is 30.5 Å². The van der Waals surface area contributed by atoms with Crippen LogP contribution in [-0.2, 0) is 6.54 Å². The van der Waals surface area contributed by atoms with Gasteiger partial charge in [-0.25, -0.2) is 4.79 Å². The molecule has 1 unspecified atom stereocenters. The maximum absolute atomic E-state index is 12.7. The number of hydrogen-bond acceptors (Lipinski definition) is 4. The molecule has 8 heteroatoms. The van der Waals surface area contributed by atoms with E-state index in [1.807, 2.05) is 44.7 Å². The average Bonchev–Trinajstić information content (AvgIpc) is 2.71. The lowest BCUT2D eigenvalue weighted by atomic mass is 10.0. The first kappa shape index (κ1) is 24.0. The first-order chi connectivity index (χ1) is 15.1. The molecule has 3 amide bonds. The summed E-state index contributed by atoms with van der Waals surface area (Å²) in [5.74, 6) is -0.216. The summed E-state index contributed by atoms with van der Waals surface area (Å²) in [7, 11) is 0. The van der Waals surface area contributed by atoms with Gasteiger partial charge in [0.1, 0.15) is 0 Å². The molecule has 1 aromatic carbocycles. The van der Waals surface area contributed by atoms with Gasteiger partial charge in [-0.3, -0.25) is 14.7 Å². The summed E-state index contributed by atoms with van der Waals surface area (Å²) < 4.78 is 0. The highest BCUT2D eigenvalue weighted by Crippen LogP contribution is 2.27. The van der Waals surface area contributed by atoms with E-state index >= 15 is 0 Å². The van der Waals surface area contributed by atoms with Gasteiger partial charge in [-0.2, -0.15) is 0 Å². The number of urea groups is 1. The molecule has 172 valence electrons. The van der Waals surface area contributed by atoms with Crippen LogP contribution in [0.25, 0.3) is 0 Å². The molecule has 0 bridgehead atoms. The van der Waals surface area contributed by atoms with Crippen molar-refractivity contribution in [2.45, 2.75) is 53.2 Å². The third kappa shape index (κ3) is 5.99. The van der Waals surface area contributed by atoms with Gasteiger partial charge in [0.25, 0.3) is 5.91 Å². The molecule has 3 rings (SSSR count). The van der Waals surface area contributed by atoms with Gasteiger partial charge in [0.2, 0.25) is 0 Å². The molecule has 2 aromatic rings. The Morgan fingerprint density at radius 3 is 2.59 bits per heavy atom. The van der Waals surface area contributed by atoms with Crippen LogP contribution in [0.2, 0.25) is 5.02 Å². The molecule has 0 saturated carbocycles. The Bertz CT molecular complexity index is 977. The number of benzene rings is 1. The zero-order valence-corrected chi connectivity index (χ0v) is 20.2. The fourth-order valence-electron chi connectivity index (χ4n) is 3.88. The Hall–Kier alpha value is -2.64. The minimum Gasteiger partial charge on any atom is -0.336 e. The molecule has 1 aliphatic heterocycles. The summed E-state index contributed by atoms with van der Waals surface area (Å²) in [6.07, 6.45) is 1.57. The van der Waals surface area contributed by atoms with Crippen molar-refractivity contribution < 1.29 is 9.59 Å². The first-order valence-corrected chi connectivity index (χ1v) is 11.3. The van der Waals surface area contributed by atoms with E-state index in [9.17, 15) is 9.59 Å². The summed E-state index contributed by atoms with van der Waals surface area (Å²) in [6.45, 7) is 12.8. The Kier molecular flexibility index (Phi) is 7.74. The minimum absolute atomic E-state index is 0.0123. The van der Waals surface area contributed by atoms with Crippen LogP contribution in [-0.4, -0.2) is 58.4 Å². The van der Waals surface area contributed by atoms with Gasteiger partial charge in [-0.15, -0.1) is 0 Å². The van der Waals surface area contributed by atoms with Crippen molar-refractivity contribution in [3.05, 3.63) is 57.9 Å². The average molecular weight is 458 g/mol. The fourth-order valence-corrected chi connectivity index (χ4v) is 4.12. The van der Waals surface area contributed by atoms with E-state index in [-0.39, 0.29) is 24.0 Å². The van der Waals surface area contributed by atoms with Gasteiger partial charge in [-0.1, -0.05) is 11.6 Å². The van der Waals surface area contributed by atoms with E-state index < -0.39 is 0 Å². The number of amides is 3. The molecular formula is C24H32ClN5O2. The molecule has 2 N–H and O–H groups in total. The number of rotatable bonds is 5. The fraction of sp³-hybridized carbons (Fsp3) is 0.458. The number of carbonyl (C=O) groups excluding carboxylic acids is 2. The normalized spacial score (nSPS) is 16.8. The maximum Gasteiger partial charge on any atom is 0.317 e. The number of hydrogen-bond donors (Lipinski definition) is 2. The van der Waals surface area contributed by atoms with Crippen molar-refractivity contribution >= 4 is 29.2 Å². The second-order valence-corrected chi connectivity index (χ2v) is 9.20. The standard InChI is InChI=1S/C24H32ClN5O2/c1-15(2)27-24(32)30-9-8-29(13-17(30)4)14-20-10-21(25)11-22(18(20)5)28-23(31)19-7-6-16(3)26-12-19/h6-7,10-12,15,17H,8-9,13-14H2,1-5H3,(H,27,32)(H,28,31). The van der Waals surface area contributed by atoms with E-state index in [1.54, 1.807) is 18.3 Å². The Morgan fingerprint density at radius 2 is 1.97 bits per heavy atom. The predicted octanol–water partition coefficient (Wildman–Crippen LogP) is 4.23. The first-order valence-electron chi connectivity index (χ1n) is 11.0. The van der Waals surface area contributed by atoms with Gasteiger partial charge in [-0.05, 0) is 70.0 Å². The van der Waals surface area contributed by atoms with Crippen molar-refractivity contribution in [2.24, 2.45) is 0 Å². The van der Waals surface area contributed by atoms with Crippen LogP contribution in [0, 0.1) is 13.8 Å². The highest BCUT2D eigenvalue weighted by molar-refractivity contribution is 6.31. The lowest BCUT2D eigenvalue weighted by molar-refractivity contribution is 0.0965. The molecule has 0 spiro atoms. The molecule has 1 saturated heterocycles. The lowest BCUT2D eigenvalue weighted by Gasteiger charge is -2.40. The zero-order valence-electron chi connectivity index (χ0n) is 19.4. The molecule has 0 radical (unpaired) electrons.